The van der Waals surface area contributed by atoms with Gasteiger partial charge in [-0.25, -0.2) is 9.97 Å². The molecule has 1 fully saturated rings. The van der Waals surface area contributed by atoms with Crippen LogP contribution >= 0.6 is 0 Å². The number of nitrogens with zero attached hydrogens (tertiary/aromatic N) is 5. The predicted molar refractivity (Wildman–Crippen MR) is 126 cm³/mol. The highest BCUT2D eigenvalue weighted by Crippen LogP contribution is 2.31. The van der Waals surface area contributed by atoms with Gasteiger partial charge in [-0.2, -0.15) is 13.2 Å². The molecule has 34 heavy (non-hydrogen) atoms. The molecule has 0 radical (unpaired) electrons. The summed E-state index contributed by atoms with van der Waals surface area (Å²) in [6.45, 7) is 5.04. The van der Waals surface area contributed by atoms with Crippen molar-refractivity contribution in [2.75, 3.05) is 56.5 Å². The Labute approximate surface area is 197 Å². The largest absolute Gasteiger partial charge is 0.416 e. The van der Waals surface area contributed by atoms with Crippen molar-refractivity contribution in [3.05, 3.63) is 53.9 Å². The summed E-state index contributed by atoms with van der Waals surface area (Å²) in [6.07, 6.45) is 5.86. The van der Waals surface area contributed by atoms with Gasteiger partial charge in [-0.1, -0.05) is 12.0 Å². The number of amides is 1. The van der Waals surface area contributed by atoms with E-state index in [1.165, 1.54) is 18.3 Å². The second-order valence-electron chi connectivity index (χ2n) is 8.00. The summed E-state index contributed by atoms with van der Waals surface area (Å²) in [6, 6.07) is 4.74. The molecule has 0 unspecified atom stereocenters. The average molecular weight is 473 g/mol. The smallest absolute Gasteiger partial charge is 0.350 e. The fourth-order valence-corrected chi connectivity index (χ4v) is 3.50. The van der Waals surface area contributed by atoms with Crippen LogP contribution in [-0.2, 0) is 11.0 Å². The predicted octanol–water partition coefficient (Wildman–Crippen LogP) is 3.40. The van der Waals surface area contributed by atoms with Crippen LogP contribution in [0.3, 0.4) is 0 Å². The van der Waals surface area contributed by atoms with E-state index < -0.39 is 11.7 Å². The van der Waals surface area contributed by atoms with E-state index in [9.17, 15) is 18.0 Å². The first-order chi connectivity index (χ1) is 16.2. The molecule has 2 heterocycles. The molecule has 1 aromatic heterocycles. The molecule has 1 aromatic carbocycles. The van der Waals surface area contributed by atoms with Crippen LogP contribution < -0.4 is 10.2 Å². The van der Waals surface area contributed by atoms with E-state index >= 15 is 0 Å². The highest BCUT2D eigenvalue weighted by molar-refractivity contribution is 5.93. The van der Waals surface area contributed by atoms with E-state index in [0.717, 1.165) is 12.1 Å². The number of carbonyl (C=O) groups excluding carboxylic acids is 1. The van der Waals surface area contributed by atoms with Crippen LogP contribution in [-0.4, -0.2) is 72.0 Å². The molecule has 7 nitrogen and oxygen atoms in total. The summed E-state index contributed by atoms with van der Waals surface area (Å²) < 4.78 is 38.4. The summed E-state index contributed by atoms with van der Waals surface area (Å²) in [4.78, 5) is 27.2. The van der Waals surface area contributed by atoms with Crippen molar-refractivity contribution in [3.63, 3.8) is 0 Å². The zero-order chi connectivity index (χ0) is 24.7. The summed E-state index contributed by atoms with van der Waals surface area (Å²) >= 11 is 0. The third-order valence-electron chi connectivity index (χ3n) is 5.43. The molecule has 0 spiro atoms. The SMILES string of the molecule is C#CCN(C)C/C=C(\C)C(=O)N1CCN(c2nccnc2Nc2ccc(C(F)(F)F)cc2)CC1. The van der Waals surface area contributed by atoms with Crippen LogP contribution in [0.4, 0.5) is 30.5 Å². The Morgan fingerprint density at radius 3 is 2.44 bits per heavy atom. The van der Waals surface area contributed by atoms with Gasteiger partial charge in [0.1, 0.15) is 0 Å². The Bertz CT molecular complexity index is 1050. The highest BCUT2D eigenvalue weighted by Gasteiger charge is 2.30. The minimum atomic E-state index is -4.39. The van der Waals surface area contributed by atoms with Crippen LogP contribution in [0.1, 0.15) is 12.5 Å². The number of anilines is 3. The third kappa shape index (κ3) is 6.48. The Morgan fingerprint density at radius 2 is 1.82 bits per heavy atom. The summed E-state index contributed by atoms with van der Waals surface area (Å²) in [7, 11) is 1.89. The van der Waals surface area contributed by atoms with E-state index in [1.807, 2.05) is 22.9 Å². The van der Waals surface area contributed by atoms with Gasteiger partial charge in [0.2, 0.25) is 5.91 Å². The van der Waals surface area contributed by atoms with Gasteiger partial charge in [0.05, 0.1) is 12.1 Å². The van der Waals surface area contributed by atoms with Crippen LogP contribution in [0.2, 0.25) is 0 Å². The van der Waals surface area contributed by atoms with Crippen molar-refractivity contribution in [1.29, 1.82) is 0 Å². The van der Waals surface area contributed by atoms with Crippen molar-refractivity contribution >= 4 is 23.2 Å². The van der Waals surface area contributed by atoms with Crippen molar-refractivity contribution in [3.8, 4) is 12.3 Å². The zero-order valence-corrected chi connectivity index (χ0v) is 19.1. The first-order valence-electron chi connectivity index (χ1n) is 10.8. The summed E-state index contributed by atoms with van der Waals surface area (Å²) in [5.41, 5.74) is 0.422. The quantitative estimate of drug-likeness (QED) is 0.492. The Morgan fingerprint density at radius 1 is 1.18 bits per heavy atom. The van der Waals surface area contributed by atoms with Crippen LogP contribution in [0.25, 0.3) is 0 Å². The number of carbonyl (C=O) groups is 1. The molecule has 1 amide bonds. The van der Waals surface area contributed by atoms with Crippen molar-refractivity contribution in [2.45, 2.75) is 13.1 Å². The van der Waals surface area contributed by atoms with Gasteiger partial charge in [0.25, 0.3) is 0 Å². The number of halogens is 3. The summed E-state index contributed by atoms with van der Waals surface area (Å²) in [5, 5.41) is 3.05. The maximum atomic E-state index is 12.8. The number of terminal acetylenes is 1. The molecule has 1 saturated heterocycles. The monoisotopic (exact) mass is 472 g/mol. The van der Waals surface area contributed by atoms with E-state index in [-0.39, 0.29) is 5.91 Å². The molecule has 0 aliphatic carbocycles. The lowest BCUT2D eigenvalue weighted by molar-refractivity contribution is -0.137. The standard InChI is InChI=1S/C24H27F3N6O/c1-4-12-31(3)13-9-18(2)23(34)33-16-14-32(15-17-33)22-21(28-10-11-29-22)30-20-7-5-19(6-8-20)24(25,26)27/h1,5-11H,12-17H2,2-3H3,(H,28,30)/b18-9+. The molecule has 1 N–H and O–H groups in total. The molecule has 1 aliphatic heterocycles. The van der Waals surface area contributed by atoms with E-state index in [1.54, 1.807) is 18.0 Å². The number of hydrogen-bond donors (Lipinski definition) is 1. The minimum absolute atomic E-state index is 0.0176. The Kier molecular flexibility index (Phi) is 8.12. The highest BCUT2D eigenvalue weighted by atomic mass is 19.4. The molecule has 3 rings (SSSR count). The first kappa shape index (κ1) is 25.1. The van der Waals surface area contributed by atoms with Crippen molar-refractivity contribution in [2.24, 2.45) is 0 Å². The normalized spacial score (nSPS) is 14.8. The number of alkyl halides is 3. The molecule has 0 atom stereocenters. The Hall–Kier alpha value is -3.58. The fourth-order valence-electron chi connectivity index (χ4n) is 3.50. The minimum Gasteiger partial charge on any atom is -0.350 e. The molecular weight excluding hydrogens is 445 g/mol. The molecule has 0 bridgehead atoms. The zero-order valence-electron chi connectivity index (χ0n) is 19.1. The van der Waals surface area contributed by atoms with Gasteiger partial charge in [-0.15, -0.1) is 6.42 Å². The average Bonchev–Trinajstić information content (AvgIpc) is 2.82. The van der Waals surface area contributed by atoms with E-state index in [0.29, 0.717) is 62.2 Å². The number of hydrogen-bond acceptors (Lipinski definition) is 6. The summed E-state index contributed by atoms with van der Waals surface area (Å²) in [5.74, 6) is 3.57. The molecular formula is C24H27F3N6O. The van der Waals surface area contributed by atoms with E-state index in [4.69, 9.17) is 6.42 Å². The number of piperazine rings is 1. The lowest BCUT2D eigenvalue weighted by Gasteiger charge is -2.36. The molecule has 0 saturated carbocycles. The van der Waals surface area contributed by atoms with Crippen molar-refractivity contribution in [1.82, 2.24) is 19.8 Å². The number of nitrogens with one attached hydrogen (secondary N) is 1. The van der Waals surface area contributed by atoms with Gasteiger partial charge in [0, 0.05) is 56.4 Å². The molecule has 10 heteroatoms. The van der Waals surface area contributed by atoms with Crippen LogP contribution in [0.5, 0.6) is 0 Å². The van der Waals surface area contributed by atoms with Gasteiger partial charge in [0.15, 0.2) is 11.6 Å². The van der Waals surface area contributed by atoms with Gasteiger partial charge < -0.3 is 15.1 Å². The second-order valence-corrected chi connectivity index (χ2v) is 8.00. The second kappa shape index (κ2) is 11.0. The number of likely N-dealkylation sites (N-methyl/N-ethyl adjacent to an activating group) is 1. The lowest BCUT2D eigenvalue weighted by Crippen LogP contribution is -2.49. The number of rotatable bonds is 7. The van der Waals surface area contributed by atoms with Crippen molar-refractivity contribution < 1.29 is 18.0 Å². The van der Waals surface area contributed by atoms with Gasteiger partial charge in [-0.3, -0.25) is 9.69 Å². The lowest BCUT2D eigenvalue weighted by atomic mass is 10.2. The van der Waals surface area contributed by atoms with Crippen LogP contribution in [0.15, 0.2) is 48.3 Å². The molecule has 180 valence electrons. The van der Waals surface area contributed by atoms with Gasteiger partial charge >= 0.3 is 6.18 Å². The van der Waals surface area contributed by atoms with E-state index in [2.05, 4.69) is 21.2 Å². The van der Waals surface area contributed by atoms with Gasteiger partial charge in [-0.05, 0) is 38.2 Å². The maximum absolute atomic E-state index is 12.8. The molecule has 2 aromatic rings. The topological polar surface area (TPSA) is 64.6 Å². The Balaban J connectivity index is 1.62. The molecule has 1 aliphatic rings. The number of benzene rings is 1. The number of aromatic nitrogens is 2. The third-order valence-corrected chi connectivity index (χ3v) is 5.43. The fraction of sp³-hybridized carbons (Fsp3) is 0.375. The van der Waals surface area contributed by atoms with Crippen LogP contribution in [0, 0.1) is 12.3 Å². The maximum Gasteiger partial charge on any atom is 0.416 e. The first-order valence-corrected chi connectivity index (χ1v) is 10.8.